The topological polar surface area (TPSA) is 118 Å². The molecule has 12 heteroatoms. The summed E-state index contributed by atoms with van der Waals surface area (Å²) in [5.74, 6) is 0.219. The van der Waals surface area contributed by atoms with Crippen molar-refractivity contribution in [1.29, 1.82) is 0 Å². The Morgan fingerprint density at radius 1 is 1.02 bits per heavy atom. The second-order valence-electron chi connectivity index (χ2n) is 10.6. The largest absolute Gasteiger partial charge is 0.465 e. The minimum Gasteiger partial charge on any atom is -0.465 e. The van der Waals surface area contributed by atoms with Crippen LogP contribution in [0.5, 0.6) is 0 Å². The van der Waals surface area contributed by atoms with Gasteiger partial charge in [0.2, 0.25) is 6.41 Å². The number of hydrogen-bond acceptors (Lipinski definition) is 10. The first-order valence-corrected chi connectivity index (χ1v) is 17.4. The molecule has 1 aromatic rings. The highest BCUT2D eigenvalue weighted by atomic mass is 33.1. The third-order valence-corrected chi connectivity index (χ3v) is 10.3. The predicted molar refractivity (Wildman–Crippen MR) is 169 cm³/mol. The van der Waals surface area contributed by atoms with Crippen molar-refractivity contribution in [2.24, 2.45) is 9.98 Å². The standard InChI is InChI=1S/C31H44N4O6S2/c1-5-17-35(21-36)22(3)28(43-42-6-2)16-18-40-29(37)8-7-9-30(38)41-25-13-11-24(12-14-25)34(4)31(39)23-10-15-26-27(19-23)33-20-32-26/h10,15,19,21,24-25H,5-9,11-14,16-18,20H2,1-4H3/b28-22-. The maximum atomic E-state index is 13.0. The average molecular weight is 633 g/mol. The molecule has 0 aromatic heterocycles. The van der Waals surface area contributed by atoms with Crippen molar-refractivity contribution in [2.45, 2.75) is 90.7 Å². The van der Waals surface area contributed by atoms with E-state index in [2.05, 4.69) is 16.9 Å². The molecule has 0 N–H and O–H groups in total. The predicted octanol–water partition coefficient (Wildman–Crippen LogP) is 4.43. The number of allylic oxidation sites excluding steroid dienone is 1. The summed E-state index contributed by atoms with van der Waals surface area (Å²) in [6.07, 6.45) is 5.62. The molecule has 1 saturated carbocycles. The first-order chi connectivity index (χ1) is 20.8. The van der Waals surface area contributed by atoms with Gasteiger partial charge in [0, 0.05) is 60.8 Å². The summed E-state index contributed by atoms with van der Waals surface area (Å²) in [4.78, 5) is 62.3. The van der Waals surface area contributed by atoms with E-state index >= 15 is 0 Å². The van der Waals surface area contributed by atoms with Crippen molar-refractivity contribution in [3.63, 3.8) is 0 Å². The van der Waals surface area contributed by atoms with Crippen molar-refractivity contribution >= 4 is 45.8 Å². The number of benzene rings is 1. The Morgan fingerprint density at radius 3 is 2.44 bits per heavy atom. The summed E-state index contributed by atoms with van der Waals surface area (Å²) in [6.45, 7) is 7.29. The first-order valence-electron chi connectivity index (χ1n) is 15.1. The Bertz CT molecular complexity index is 1280. The quantitative estimate of drug-likeness (QED) is 0.141. The van der Waals surface area contributed by atoms with Gasteiger partial charge in [-0.25, -0.2) is 0 Å². The number of carbonyl (C=O) groups excluding carboxylic acids is 4. The molecule has 1 aromatic carbocycles. The van der Waals surface area contributed by atoms with Crippen molar-refractivity contribution in [3.8, 4) is 0 Å². The smallest absolute Gasteiger partial charge is 0.306 e. The number of esters is 2. The minimum atomic E-state index is -0.349. The molecule has 236 valence electrons. The zero-order valence-corrected chi connectivity index (χ0v) is 27.3. The lowest BCUT2D eigenvalue weighted by Gasteiger charge is -2.34. The average Bonchev–Trinajstić information content (AvgIpc) is 3.49. The normalized spacial score (nSPS) is 18.0. The summed E-state index contributed by atoms with van der Waals surface area (Å²) in [5, 5.41) is 1.58. The second-order valence-corrected chi connectivity index (χ2v) is 13.3. The lowest BCUT2D eigenvalue weighted by atomic mass is 9.91. The molecular formula is C31H44N4O6S2. The molecule has 1 aliphatic carbocycles. The molecule has 0 radical (unpaired) electrons. The van der Waals surface area contributed by atoms with Crippen LogP contribution in [0.25, 0.3) is 0 Å². The van der Waals surface area contributed by atoms with Gasteiger partial charge in [-0.05, 0) is 63.6 Å². The maximum absolute atomic E-state index is 13.0. The highest BCUT2D eigenvalue weighted by Gasteiger charge is 2.29. The fourth-order valence-electron chi connectivity index (χ4n) is 5.09. The van der Waals surface area contributed by atoms with E-state index in [1.165, 1.54) is 0 Å². The van der Waals surface area contributed by atoms with Crippen molar-refractivity contribution in [2.75, 3.05) is 32.6 Å². The highest BCUT2D eigenvalue weighted by molar-refractivity contribution is 8.78. The molecule has 2 aliphatic rings. The Hall–Kier alpha value is -2.86. The summed E-state index contributed by atoms with van der Waals surface area (Å²) < 4.78 is 11.1. The zero-order valence-electron chi connectivity index (χ0n) is 25.7. The van der Waals surface area contributed by atoms with E-state index in [-0.39, 0.29) is 49.4 Å². The van der Waals surface area contributed by atoms with Crippen LogP contribution in [0.15, 0.2) is 38.8 Å². The van der Waals surface area contributed by atoms with E-state index in [1.807, 2.05) is 27.0 Å². The molecule has 1 heterocycles. The number of amides is 2. The van der Waals surface area contributed by atoms with Crippen LogP contribution < -0.4 is 10.7 Å². The number of carbonyl (C=O) groups is 4. The van der Waals surface area contributed by atoms with Crippen LogP contribution in [-0.4, -0.2) is 78.8 Å². The number of rotatable bonds is 17. The third kappa shape index (κ3) is 10.7. The van der Waals surface area contributed by atoms with E-state index < -0.39 is 0 Å². The fourth-order valence-corrected chi connectivity index (χ4v) is 7.15. The Balaban J connectivity index is 1.34. The number of ether oxygens (including phenoxy) is 2. The van der Waals surface area contributed by atoms with Crippen molar-refractivity contribution in [3.05, 3.63) is 45.1 Å². The minimum absolute atomic E-state index is 0.0438. The second kappa shape index (κ2) is 18.1. The van der Waals surface area contributed by atoms with Crippen LogP contribution in [0, 0.1) is 0 Å². The van der Waals surface area contributed by atoms with E-state index in [0.29, 0.717) is 44.5 Å². The van der Waals surface area contributed by atoms with Gasteiger partial charge in [-0.15, -0.1) is 0 Å². The maximum Gasteiger partial charge on any atom is 0.306 e. The monoisotopic (exact) mass is 632 g/mol. The lowest BCUT2D eigenvalue weighted by molar-refractivity contribution is -0.151. The number of hydrogen-bond donors (Lipinski definition) is 0. The van der Waals surface area contributed by atoms with Crippen LogP contribution in [-0.2, 0) is 23.9 Å². The van der Waals surface area contributed by atoms with Gasteiger partial charge in [0.25, 0.3) is 5.91 Å². The van der Waals surface area contributed by atoms with E-state index in [9.17, 15) is 19.2 Å². The molecule has 2 amide bonds. The molecule has 43 heavy (non-hydrogen) atoms. The Morgan fingerprint density at radius 2 is 1.74 bits per heavy atom. The van der Waals surface area contributed by atoms with Gasteiger partial charge in [0.05, 0.1) is 17.3 Å². The SMILES string of the molecule is CCCN(C=O)/C(C)=C(/CCOC(=O)CCCC(=O)OC1CCC(N(C)C(=O)c2ccc3c(c2)=NCN=3)CC1)SSCC. The molecule has 0 saturated heterocycles. The molecule has 1 aliphatic heterocycles. The number of nitrogens with zero attached hydrogens (tertiary/aromatic N) is 4. The molecule has 10 nitrogen and oxygen atoms in total. The van der Waals surface area contributed by atoms with Crippen LogP contribution in [0.1, 0.15) is 88.9 Å². The van der Waals surface area contributed by atoms with E-state index in [1.54, 1.807) is 43.5 Å². The third-order valence-electron chi connectivity index (χ3n) is 7.57. The van der Waals surface area contributed by atoms with Gasteiger partial charge < -0.3 is 19.3 Å². The van der Waals surface area contributed by atoms with Gasteiger partial charge >= 0.3 is 11.9 Å². The summed E-state index contributed by atoms with van der Waals surface area (Å²) in [6, 6.07) is 5.51. The van der Waals surface area contributed by atoms with Crippen LogP contribution in [0.3, 0.4) is 0 Å². The van der Waals surface area contributed by atoms with Gasteiger partial charge in [-0.2, -0.15) is 0 Å². The molecule has 0 spiro atoms. The van der Waals surface area contributed by atoms with Crippen LogP contribution in [0.2, 0.25) is 0 Å². The van der Waals surface area contributed by atoms with Gasteiger partial charge in [0.1, 0.15) is 12.8 Å². The van der Waals surface area contributed by atoms with Crippen molar-refractivity contribution in [1.82, 2.24) is 9.80 Å². The Labute approximate surface area is 262 Å². The molecule has 1 fully saturated rings. The van der Waals surface area contributed by atoms with Gasteiger partial charge in [0.15, 0.2) is 0 Å². The van der Waals surface area contributed by atoms with Gasteiger partial charge in [-0.3, -0.25) is 29.2 Å². The van der Waals surface area contributed by atoms with E-state index in [4.69, 9.17) is 9.47 Å². The molecular weight excluding hydrogens is 588 g/mol. The highest BCUT2D eigenvalue weighted by Crippen LogP contribution is 2.35. The van der Waals surface area contributed by atoms with E-state index in [0.717, 1.165) is 52.7 Å². The molecule has 0 unspecified atom stereocenters. The summed E-state index contributed by atoms with van der Waals surface area (Å²) >= 11 is 0. The van der Waals surface area contributed by atoms with Crippen LogP contribution >= 0.6 is 21.6 Å². The van der Waals surface area contributed by atoms with Crippen LogP contribution in [0.4, 0.5) is 0 Å². The lowest BCUT2D eigenvalue weighted by Crippen LogP contribution is -2.41. The fraction of sp³-hybridized carbons (Fsp3) is 0.613. The van der Waals surface area contributed by atoms with Gasteiger partial charge in [-0.1, -0.05) is 35.4 Å². The Kier molecular flexibility index (Phi) is 14.5. The summed E-state index contributed by atoms with van der Waals surface area (Å²) in [5.41, 5.74) is 1.49. The number of fused-ring (bicyclic) bond motifs is 1. The van der Waals surface area contributed by atoms with Crippen molar-refractivity contribution < 1.29 is 28.7 Å². The first kappa shape index (κ1) is 34.6. The zero-order chi connectivity index (χ0) is 31.2. The summed E-state index contributed by atoms with van der Waals surface area (Å²) in [7, 11) is 5.12. The molecule has 0 atom stereocenters. The molecule has 0 bridgehead atoms. The molecule has 3 rings (SSSR count).